The Labute approximate surface area is 179 Å². The van der Waals surface area contributed by atoms with Gasteiger partial charge in [-0.05, 0) is 62.1 Å². The Morgan fingerprint density at radius 1 is 1.07 bits per heavy atom. The molecule has 1 aliphatic heterocycles. The van der Waals surface area contributed by atoms with Crippen LogP contribution in [0.4, 0.5) is 0 Å². The topological polar surface area (TPSA) is 71.6 Å². The van der Waals surface area contributed by atoms with Gasteiger partial charge >= 0.3 is 0 Å². The molecule has 3 rings (SSSR count). The Kier molecular flexibility index (Phi) is 8.11. The minimum absolute atomic E-state index is 0.00738. The first-order chi connectivity index (χ1) is 14.5. The van der Waals surface area contributed by atoms with Gasteiger partial charge in [-0.2, -0.15) is 0 Å². The molecule has 0 aromatic heterocycles. The van der Waals surface area contributed by atoms with Gasteiger partial charge in [0.25, 0.3) is 0 Å². The quantitative estimate of drug-likeness (QED) is 0.518. The molecule has 2 unspecified atom stereocenters. The second-order valence-electron chi connectivity index (χ2n) is 7.93. The lowest BCUT2D eigenvalue weighted by Crippen LogP contribution is -2.42. The molecule has 0 radical (unpaired) electrons. The fraction of sp³-hybridized carbons (Fsp3) is 0.458. The van der Waals surface area contributed by atoms with Crippen LogP contribution in [-0.2, 0) is 11.3 Å². The van der Waals surface area contributed by atoms with E-state index in [1.807, 2.05) is 50.2 Å². The molecule has 2 aromatic carbocycles. The predicted molar refractivity (Wildman–Crippen MR) is 118 cm³/mol. The Morgan fingerprint density at radius 3 is 2.43 bits per heavy atom. The molecule has 162 valence electrons. The van der Waals surface area contributed by atoms with Gasteiger partial charge in [0.05, 0.1) is 12.7 Å². The average molecular weight is 412 g/mol. The van der Waals surface area contributed by atoms with E-state index in [1.54, 1.807) is 0 Å². The number of benzene rings is 2. The summed E-state index contributed by atoms with van der Waals surface area (Å²) in [6.45, 7) is 7.39. The minimum atomic E-state index is -0.265. The summed E-state index contributed by atoms with van der Waals surface area (Å²) in [5.74, 6) is 1.72. The molecular formula is C24H33N3O3. The van der Waals surface area contributed by atoms with E-state index in [2.05, 4.69) is 35.2 Å². The van der Waals surface area contributed by atoms with Crippen LogP contribution in [0.5, 0.6) is 11.5 Å². The third-order valence-corrected chi connectivity index (χ3v) is 5.03. The maximum Gasteiger partial charge on any atom is 0.238 e. The van der Waals surface area contributed by atoms with Crippen molar-refractivity contribution in [2.24, 2.45) is 0 Å². The van der Waals surface area contributed by atoms with Crippen molar-refractivity contribution >= 4 is 5.91 Å². The van der Waals surface area contributed by atoms with Crippen LogP contribution in [-0.4, -0.2) is 24.7 Å². The summed E-state index contributed by atoms with van der Waals surface area (Å²) in [5, 5.41) is 3.01. The van der Waals surface area contributed by atoms with Crippen molar-refractivity contribution in [3.05, 3.63) is 59.7 Å². The molecule has 6 nitrogen and oxygen atoms in total. The number of hydrogen-bond acceptors (Lipinski definition) is 5. The van der Waals surface area contributed by atoms with Crippen molar-refractivity contribution in [3.63, 3.8) is 0 Å². The van der Waals surface area contributed by atoms with Gasteiger partial charge in [0.15, 0.2) is 0 Å². The zero-order valence-corrected chi connectivity index (χ0v) is 18.1. The van der Waals surface area contributed by atoms with Crippen molar-refractivity contribution in [1.82, 2.24) is 16.2 Å². The largest absolute Gasteiger partial charge is 0.494 e. The van der Waals surface area contributed by atoms with E-state index in [0.717, 1.165) is 42.1 Å². The second-order valence-corrected chi connectivity index (χ2v) is 7.93. The highest BCUT2D eigenvalue weighted by Gasteiger charge is 2.29. The van der Waals surface area contributed by atoms with Crippen LogP contribution in [0.3, 0.4) is 0 Å². The van der Waals surface area contributed by atoms with E-state index in [9.17, 15) is 4.79 Å². The number of unbranched alkanes of at least 4 members (excludes halogenated alkanes) is 1. The lowest BCUT2D eigenvalue weighted by atomic mass is 10.0. The van der Waals surface area contributed by atoms with E-state index in [4.69, 9.17) is 9.47 Å². The number of nitrogens with one attached hydrogen (secondary N) is 3. The molecule has 2 atom stereocenters. The molecule has 1 amide bonds. The van der Waals surface area contributed by atoms with Crippen LogP contribution in [0, 0.1) is 0 Å². The van der Waals surface area contributed by atoms with Crippen LogP contribution in [0.1, 0.15) is 57.2 Å². The zero-order chi connectivity index (χ0) is 21.3. The number of rotatable bonds is 10. The summed E-state index contributed by atoms with van der Waals surface area (Å²) in [4.78, 5) is 12.6. The van der Waals surface area contributed by atoms with Gasteiger partial charge in [0.2, 0.25) is 5.91 Å². The SMILES string of the molecule is CCCCOc1ccc(C2CC(C(=O)NCc3ccc(OC(C)C)cc3)NN2)cc1. The fourth-order valence-electron chi connectivity index (χ4n) is 3.35. The molecular weight excluding hydrogens is 378 g/mol. The first-order valence-corrected chi connectivity index (χ1v) is 10.8. The van der Waals surface area contributed by atoms with Crippen molar-refractivity contribution in [2.45, 2.75) is 64.8 Å². The van der Waals surface area contributed by atoms with Gasteiger partial charge in [-0.1, -0.05) is 37.6 Å². The normalized spacial score (nSPS) is 18.4. The van der Waals surface area contributed by atoms with Crippen molar-refractivity contribution in [1.29, 1.82) is 0 Å². The molecule has 6 heteroatoms. The second kappa shape index (κ2) is 11.0. The molecule has 1 heterocycles. The van der Waals surface area contributed by atoms with Crippen LogP contribution in [0.15, 0.2) is 48.5 Å². The van der Waals surface area contributed by atoms with Gasteiger partial charge in [-0.25, -0.2) is 10.9 Å². The van der Waals surface area contributed by atoms with Gasteiger partial charge in [-0.15, -0.1) is 0 Å². The number of hydrogen-bond donors (Lipinski definition) is 3. The summed E-state index contributed by atoms with van der Waals surface area (Å²) in [7, 11) is 0. The Hall–Kier alpha value is -2.57. The van der Waals surface area contributed by atoms with Crippen molar-refractivity contribution in [3.8, 4) is 11.5 Å². The third kappa shape index (κ3) is 6.47. The van der Waals surface area contributed by atoms with Crippen LogP contribution in [0.2, 0.25) is 0 Å². The lowest BCUT2D eigenvalue weighted by Gasteiger charge is -2.12. The highest BCUT2D eigenvalue weighted by atomic mass is 16.5. The number of hydrazine groups is 1. The first kappa shape index (κ1) is 22.1. The van der Waals surface area contributed by atoms with Gasteiger partial charge in [-0.3, -0.25) is 4.79 Å². The average Bonchev–Trinajstić information content (AvgIpc) is 3.24. The standard InChI is InChI=1S/C24H33N3O3/c1-4-5-14-29-20-12-8-19(9-13-20)22-15-23(27-26-22)24(28)25-16-18-6-10-21(11-7-18)30-17(2)3/h6-13,17,22-23,26-27H,4-5,14-16H2,1-3H3,(H,25,28). The summed E-state index contributed by atoms with van der Waals surface area (Å²) in [5.41, 5.74) is 8.53. The first-order valence-electron chi connectivity index (χ1n) is 10.8. The Bertz CT molecular complexity index is 790. The third-order valence-electron chi connectivity index (χ3n) is 5.03. The number of carbonyl (C=O) groups excluding carboxylic acids is 1. The predicted octanol–water partition coefficient (Wildman–Crippen LogP) is 3.88. The molecule has 1 saturated heterocycles. The summed E-state index contributed by atoms with van der Waals surface area (Å²) >= 11 is 0. The van der Waals surface area contributed by atoms with E-state index >= 15 is 0 Å². The molecule has 0 saturated carbocycles. The van der Waals surface area contributed by atoms with Gasteiger partial charge in [0, 0.05) is 12.6 Å². The molecule has 1 aliphatic rings. The van der Waals surface area contributed by atoms with Crippen molar-refractivity contribution < 1.29 is 14.3 Å². The van der Waals surface area contributed by atoms with Crippen LogP contribution in [0.25, 0.3) is 0 Å². The zero-order valence-electron chi connectivity index (χ0n) is 18.1. The lowest BCUT2D eigenvalue weighted by molar-refractivity contribution is -0.123. The summed E-state index contributed by atoms with van der Waals surface area (Å²) in [6.07, 6.45) is 3.03. The number of amides is 1. The molecule has 0 aliphatic carbocycles. The van der Waals surface area contributed by atoms with Gasteiger partial charge in [0.1, 0.15) is 17.5 Å². The highest BCUT2D eigenvalue weighted by Crippen LogP contribution is 2.24. The minimum Gasteiger partial charge on any atom is -0.494 e. The molecule has 2 aromatic rings. The fourth-order valence-corrected chi connectivity index (χ4v) is 3.35. The maximum atomic E-state index is 12.6. The molecule has 0 bridgehead atoms. The molecule has 3 N–H and O–H groups in total. The maximum absolute atomic E-state index is 12.6. The molecule has 1 fully saturated rings. The van der Waals surface area contributed by atoms with E-state index in [0.29, 0.717) is 13.0 Å². The highest BCUT2D eigenvalue weighted by molar-refractivity contribution is 5.82. The summed E-state index contributed by atoms with van der Waals surface area (Å²) in [6, 6.07) is 15.8. The Balaban J connectivity index is 1.45. The van der Waals surface area contributed by atoms with Crippen LogP contribution < -0.4 is 25.6 Å². The summed E-state index contributed by atoms with van der Waals surface area (Å²) < 4.78 is 11.4. The van der Waals surface area contributed by atoms with Gasteiger partial charge < -0.3 is 14.8 Å². The van der Waals surface area contributed by atoms with Crippen molar-refractivity contribution in [2.75, 3.05) is 6.61 Å². The smallest absolute Gasteiger partial charge is 0.238 e. The van der Waals surface area contributed by atoms with E-state index < -0.39 is 0 Å². The molecule has 0 spiro atoms. The Morgan fingerprint density at radius 2 is 1.77 bits per heavy atom. The number of ether oxygens (including phenoxy) is 2. The van der Waals surface area contributed by atoms with E-state index in [-0.39, 0.29) is 24.1 Å². The monoisotopic (exact) mass is 411 g/mol. The molecule has 30 heavy (non-hydrogen) atoms. The van der Waals surface area contributed by atoms with Crippen LogP contribution >= 0.6 is 0 Å². The number of carbonyl (C=O) groups is 1. The van der Waals surface area contributed by atoms with E-state index in [1.165, 1.54) is 0 Å².